The molecule has 0 spiro atoms. The van der Waals surface area contributed by atoms with E-state index in [0.29, 0.717) is 0 Å². The van der Waals surface area contributed by atoms with Crippen LogP contribution in [0.2, 0.25) is 0 Å². The van der Waals surface area contributed by atoms with Crippen molar-refractivity contribution in [2.24, 2.45) is 0 Å². The molecule has 0 aliphatic carbocycles. The molecule has 1 unspecified atom stereocenters. The lowest BCUT2D eigenvalue weighted by Gasteiger charge is -2.13. The fraction of sp³-hybridized carbons (Fsp3) is 1.00. The van der Waals surface area contributed by atoms with Crippen LogP contribution in [0.5, 0.6) is 0 Å². The van der Waals surface area contributed by atoms with E-state index in [4.69, 9.17) is 0 Å². The Morgan fingerprint density at radius 2 is 2.17 bits per heavy atom. The molecule has 1 rings (SSSR count). The van der Waals surface area contributed by atoms with Gasteiger partial charge in [-0.2, -0.15) is 0 Å². The van der Waals surface area contributed by atoms with Crippen molar-refractivity contribution in [3.8, 4) is 0 Å². The maximum absolute atomic E-state index is 9.25. The van der Waals surface area contributed by atoms with E-state index in [2.05, 4.69) is 20.8 Å². The average Bonchev–Trinajstić information content (AvgIpc) is 2.45. The van der Waals surface area contributed by atoms with Gasteiger partial charge in [-0.15, -0.1) is 0 Å². The first-order valence-corrected chi connectivity index (χ1v) is 5.91. The van der Waals surface area contributed by atoms with E-state index in [1.165, 1.54) is 25.8 Å². The van der Waals surface area contributed by atoms with Crippen LogP contribution >= 0.6 is 15.9 Å². The molecule has 1 atom stereocenters. The number of likely N-dealkylation sites (tertiary alicyclic amines) is 1. The van der Waals surface area contributed by atoms with Crippen molar-refractivity contribution < 1.29 is 5.11 Å². The number of unbranched alkanes of at least 4 members (excludes halogenated alkanes) is 2. The van der Waals surface area contributed by atoms with Gasteiger partial charge in [0.15, 0.2) is 0 Å². The third kappa shape index (κ3) is 3.87. The van der Waals surface area contributed by atoms with Crippen molar-refractivity contribution >= 4 is 15.9 Å². The summed E-state index contributed by atoms with van der Waals surface area (Å²) >= 11 is 3.42. The Labute approximate surface area is 83.1 Å². The van der Waals surface area contributed by atoms with E-state index in [9.17, 15) is 5.11 Å². The molecule has 2 nitrogen and oxygen atoms in total. The standard InChI is InChI=1S/C9H18BrNO/c10-5-2-1-3-6-11-7-4-9(12)8-11/h9,12H,1-8H2. The first kappa shape index (κ1) is 10.5. The molecule has 1 heterocycles. The molecule has 0 aromatic rings. The second-order valence-electron chi connectivity index (χ2n) is 3.49. The minimum absolute atomic E-state index is 0.0545. The predicted molar refractivity (Wildman–Crippen MR) is 54.7 cm³/mol. The van der Waals surface area contributed by atoms with Crippen LogP contribution in [0.1, 0.15) is 25.7 Å². The van der Waals surface area contributed by atoms with Gasteiger partial charge in [0.25, 0.3) is 0 Å². The predicted octanol–water partition coefficient (Wildman–Crippen LogP) is 1.62. The topological polar surface area (TPSA) is 23.5 Å². The zero-order valence-electron chi connectivity index (χ0n) is 7.51. The van der Waals surface area contributed by atoms with E-state index in [1.54, 1.807) is 0 Å². The minimum Gasteiger partial charge on any atom is -0.392 e. The van der Waals surface area contributed by atoms with Crippen LogP contribution in [-0.2, 0) is 0 Å². The van der Waals surface area contributed by atoms with Crippen LogP contribution < -0.4 is 0 Å². The van der Waals surface area contributed by atoms with Gasteiger partial charge in [-0.3, -0.25) is 0 Å². The maximum atomic E-state index is 9.25. The summed E-state index contributed by atoms with van der Waals surface area (Å²) < 4.78 is 0. The van der Waals surface area contributed by atoms with Crippen molar-refractivity contribution in [2.75, 3.05) is 25.0 Å². The van der Waals surface area contributed by atoms with Crippen molar-refractivity contribution in [1.29, 1.82) is 0 Å². The van der Waals surface area contributed by atoms with Crippen LogP contribution in [0.4, 0.5) is 0 Å². The average molecular weight is 236 g/mol. The van der Waals surface area contributed by atoms with Gasteiger partial charge in [-0.05, 0) is 25.8 Å². The highest BCUT2D eigenvalue weighted by Crippen LogP contribution is 2.10. The fourth-order valence-corrected chi connectivity index (χ4v) is 2.02. The SMILES string of the molecule is OC1CCN(CCCCCBr)C1. The Morgan fingerprint density at radius 1 is 1.33 bits per heavy atom. The highest BCUT2D eigenvalue weighted by atomic mass is 79.9. The summed E-state index contributed by atoms with van der Waals surface area (Å²) in [4.78, 5) is 2.36. The number of halogens is 1. The normalized spacial score (nSPS) is 25.0. The number of nitrogens with zero attached hydrogens (tertiary/aromatic N) is 1. The van der Waals surface area contributed by atoms with Gasteiger partial charge >= 0.3 is 0 Å². The number of hydrogen-bond acceptors (Lipinski definition) is 2. The van der Waals surface area contributed by atoms with Crippen LogP contribution in [0, 0.1) is 0 Å². The fourth-order valence-electron chi connectivity index (χ4n) is 1.62. The smallest absolute Gasteiger partial charge is 0.0679 e. The molecule has 1 N–H and O–H groups in total. The van der Waals surface area contributed by atoms with Crippen molar-refractivity contribution in [3.05, 3.63) is 0 Å². The number of β-amino-alcohol motifs (C(OH)–C–C–N with tert-alkyl or cyclic N) is 1. The van der Waals surface area contributed by atoms with Gasteiger partial charge < -0.3 is 10.0 Å². The van der Waals surface area contributed by atoms with Crippen LogP contribution in [-0.4, -0.2) is 41.1 Å². The third-order valence-electron chi connectivity index (χ3n) is 2.36. The number of alkyl halides is 1. The van der Waals surface area contributed by atoms with Gasteiger partial charge in [0, 0.05) is 18.4 Å². The minimum atomic E-state index is -0.0545. The molecule has 0 bridgehead atoms. The molecule has 1 saturated heterocycles. The maximum Gasteiger partial charge on any atom is 0.0679 e. The Bertz CT molecular complexity index is 121. The zero-order chi connectivity index (χ0) is 8.81. The quantitative estimate of drug-likeness (QED) is 0.579. The lowest BCUT2D eigenvalue weighted by Crippen LogP contribution is -2.23. The Morgan fingerprint density at radius 3 is 2.75 bits per heavy atom. The van der Waals surface area contributed by atoms with Crippen LogP contribution in [0.3, 0.4) is 0 Å². The summed E-state index contributed by atoms with van der Waals surface area (Å²) in [6.45, 7) is 3.16. The molecule has 0 radical (unpaired) electrons. The molecule has 0 aromatic heterocycles. The third-order valence-corrected chi connectivity index (χ3v) is 2.92. The molecule has 12 heavy (non-hydrogen) atoms. The highest BCUT2D eigenvalue weighted by Gasteiger charge is 2.18. The number of rotatable bonds is 5. The summed E-state index contributed by atoms with van der Waals surface area (Å²) in [5.41, 5.74) is 0. The molecule has 0 amide bonds. The summed E-state index contributed by atoms with van der Waals surface area (Å²) in [5.74, 6) is 0. The lowest BCUT2D eigenvalue weighted by molar-refractivity contribution is 0.176. The van der Waals surface area contributed by atoms with E-state index >= 15 is 0 Å². The lowest BCUT2D eigenvalue weighted by atomic mass is 10.2. The molecule has 1 aliphatic rings. The molecule has 72 valence electrons. The summed E-state index contributed by atoms with van der Waals surface area (Å²) in [6, 6.07) is 0. The van der Waals surface area contributed by atoms with E-state index in [-0.39, 0.29) is 6.10 Å². The van der Waals surface area contributed by atoms with Crippen molar-refractivity contribution in [2.45, 2.75) is 31.8 Å². The van der Waals surface area contributed by atoms with E-state index in [0.717, 1.165) is 24.8 Å². The molecular formula is C9H18BrNO. The Balaban J connectivity index is 1.93. The number of aliphatic hydroxyl groups is 1. The first-order chi connectivity index (χ1) is 5.83. The second kappa shape index (κ2) is 5.95. The van der Waals surface area contributed by atoms with Gasteiger partial charge in [-0.1, -0.05) is 22.4 Å². The molecule has 0 aromatic carbocycles. The largest absolute Gasteiger partial charge is 0.392 e. The monoisotopic (exact) mass is 235 g/mol. The Kier molecular flexibility index (Phi) is 5.19. The number of hydrogen-bond donors (Lipinski definition) is 1. The van der Waals surface area contributed by atoms with Gasteiger partial charge in [0.05, 0.1) is 6.10 Å². The number of aliphatic hydroxyl groups excluding tert-OH is 1. The molecule has 1 fully saturated rings. The van der Waals surface area contributed by atoms with Gasteiger partial charge in [0.2, 0.25) is 0 Å². The molecular weight excluding hydrogens is 218 g/mol. The highest BCUT2D eigenvalue weighted by molar-refractivity contribution is 9.09. The Hall–Kier alpha value is 0.400. The van der Waals surface area contributed by atoms with Crippen LogP contribution in [0.15, 0.2) is 0 Å². The summed E-state index contributed by atoms with van der Waals surface area (Å²) in [6.07, 6.45) is 4.77. The summed E-state index contributed by atoms with van der Waals surface area (Å²) in [5, 5.41) is 10.4. The van der Waals surface area contributed by atoms with Crippen LogP contribution in [0.25, 0.3) is 0 Å². The van der Waals surface area contributed by atoms with Crippen molar-refractivity contribution in [3.63, 3.8) is 0 Å². The van der Waals surface area contributed by atoms with E-state index in [1.807, 2.05) is 0 Å². The summed E-state index contributed by atoms with van der Waals surface area (Å²) in [7, 11) is 0. The first-order valence-electron chi connectivity index (χ1n) is 4.79. The second-order valence-corrected chi connectivity index (χ2v) is 4.29. The van der Waals surface area contributed by atoms with Crippen molar-refractivity contribution in [1.82, 2.24) is 4.90 Å². The van der Waals surface area contributed by atoms with Gasteiger partial charge in [-0.25, -0.2) is 0 Å². The molecule has 0 saturated carbocycles. The molecule has 1 aliphatic heterocycles. The zero-order valence-corrected chi connectivity index (χ0v) is 9.09. The molecule has 3 heteroatoms. The van der Waals surface area contributed by atoms with E-state index < -0.39 is 0 Å². The van der Waals surface area contributed by atoms with Gasteiger partial charge in [0.1, 0.15) is 0 Å².